The predicted octanol–water partition coefficient (Wildman–Crippen LogP) is 2.26. The molecule has 0 unspecified atom stereocenters. The zero-order valence-electron chi connectivity index (χ0n) is 11.4. The highest BCUT2D eigenvalue weighted by Gasteiger charge is 2.18. The van der Waals surface area contributed by atoms with Gasteiger partial charge in [-0.2, -0.15) is 0 Å². The summed E-state index contributed by atoms with van der Waals surface area (Å²) in [5.41, 5.74) is 0.986. The van der Waals surface area contributed by atoms with E-state index >= 15 is 0 Å². The maximum Gasteiger partial charge on any atom is 0.263 e. The number of aromatic nitrogens is 4. The fraction of sp³-hybridized carbons (Fsp3) is 0. The number of hydrogen-bond acceptors (Lipinski definition) is 5. The van der Waals surface area contributed by atoms with Crippen molar-refractivity contribution in [3.8, 4) is 5.69 Å². The molecule has 3 aromatic rings. The maximum absolute atomic E-state index is 13.0. The van der Waals surface area contributed by atoms with Crippen LogP contribution in [0.3, 0.4) is 0 Å². The molecule has 2 aromatic carbocycles. The first kappa shape index (κ1) is 15.4. The fourth-order valence-electron chi connectivity index (χ4n) is 1.87. The van der Waals surface area contributed by atoms with Gasteiger partial charge >= 0.3 is 0 Å². The highest BCUT2D eigenvalue weighted by atomic mass is 35.5. The van der Waals surface area contributed by atoms with Crippen LogP contribution in [-0.2, 0) is 10.0 Å². The van der Waals surface area contributed by atoms with Crippen LogP contribution in [0.4, 0.5) is 10.1 Å². The highest BCUT2D eigenvalue weighted by Crippen LogP contribution is 2.24. The van der Waals surface area contributed by atoms with E-state index in [4.69, 9.17) is 11.6 Å². The molecule has 0 aliphatic rings. The summed E-state index contributed by atoms with van der Waals surface area (Å²) in [5, 5.41) is 10.6. The van der Waals surface area contributed by atoms with Crippen molar-refractivity contribution in [1.29, 1.82) is 0 Å². The van der Waals surface area contributed by atoms with Crippen LogP contribution in [0.2, 0.25) is 5.02 Å². The van der Waals surface area contributed by atoms with Gasteiger partial charge in [0.05, 0.1) is 10.7 Å². The third kappa shape index (κ3) is 3.30. The third-order valence-corrected chi connectivity index (χ3v) is 4.78. The van der Waals surface area contributed by atoms with Crippen molar-refractivity contribution < 1.29 is 12.8 Å². The lowest BCUT2D eigenvalue weighted by Crippen LogP contribution is -2.13. The summed E-state index contributed by atoms with van der Waals surface area (Å²) in [4.78, 5) is -0.204. The minimum absolute atomic E-state index is 0.192. The number of anilines is 1. The highest BCUT2D eigenvalue weighted by molar-refractivity contribution is 7.92. The zero-order chi connectivity index (χ0) is 16.4. The van der Waals surface area contributed by atoms with Gasteiger partial charge in [0.15, 0.2) is 0 Å². The number of nitrogens with zero attached hydrogens (tertiary/aromatic N) is 4. The monoisotopic (exact) mass is 353 g/mol. The van der Waals surface area contributed by atoms with Crippen LogP contribution in [0.5, 0.6) is 0 Å². The van der Waals surface area contributed by atoms with E-state index in [0.717, 1.165) is 18.2 Å². The van der Waals surface area contributed by atoms with Crippen LogP contribution >= 0.6 is 11.6 Å². The van der Waals surface area contributed by atoms with Gasteiger partial charge in [0, 0.05) is 5.69 Å². The Kier molecular flexibility index (Phi) is 3.97. The summed E-state index contributed by atoms with van der Waals surface area (Å²) < 4.78 is 41.4. The van der Waals surface area contributed by atoms with E-state index in [1.54, 1.807) is 24.3 Å². The van der Waals surface area contributed by atoms with E-state index in [2.05, 4.69) is 20.2 Å². The minimum Gasteiger partial charge on any atom is -0.280 e. The average molecular weight is 354 g/mol. The quantitative estimate of drug-likeness (QED) is 0.777. The first-order valence-electron chi connectivity index (χ1n) is 6.27. The van der Waals surface area contributed by atoms with Crippen LogP contribution in [-0.4, -0.2) is 28.6 Å². The molecule has 0 amide bonds. The van der Waals surface area contributed by atoms with Crippen LogP contribution < -0.4 is 4.72 Å². The van der Waals surface area contributed by atoms with Crippen molar-refractivity contribution in [1.82, 2.24) is 20.2 Å². The summed E-state index contributed by atoms with van der Waals surface area (Å²) in [7, 11) is -3.92. The van der Waals surface area contributed by atoms with Gasteiger partial charge in [-0.15, -0.1) is 5.10 Å². The summed E-state index contributed by atoms with van der Waals surface area (Å²) in [6.07, 6.45) is 1.41. The van der Waals surface area contributed by atoms with Crippen molar-refractivity contribution in [2.24, 2.45) is 0 Å². The number of sulfonamides is 1. The molecule has 3 rings (SSSR count). The Morgan fingerprint density at radius 1 is 1.13 bits per heavy atom. The second kappa shape index (κ2) is 5.94. The Hall–Kier alpha value is -2.52. The molecule has 23 heavy (non-hydrogen) atoms. The number of nitrogens with one attached hydrogen (secondary N) is 1. The zero-order valence-corrected chi connectivity index (χ0v) is 13.0. The van der Waals surface area contributed by atoms with Crippen molar-refractivity contribution >= 4 is 27.3 Å². The van der Waals surface area contributed by atoms with E-state index in [9.17, 15) is 12.8 Å². The van der Waals surface area contributed by atoms with E-state index in [1.165, 1.54) is 11.0 Å². The molecule has 1 N–H and O–H groups in total. The van der Waals surface area contributed by atoms with E-state index in [-0.39, 0.29) is 9.92 Å². The second-order valence-electron chi connectivity index (χ2n) is 4.48. The Morgan fingerprint density at radius 3 is 2.48 bits per heavy atom. The molecule has 0 saturated heterocycles. The molecule has 0 radical (unpaired) electrons. The third-order valence-electron chi connectivity index (χ3n) is 2.92. The molecule has 0 saturated carbocycles. The van der Waals surface area contributed by atoms with E-state index in [0.29, 0.717) is 11.4 Å². The Bertz CT molecular complexity index is 930. The molecule has 0 atom stereocenters. The van der Waals surface area contributed by atoms with Gasteiger partial charge in [-0.25, -0.2) is 17.5 Å². The summed E-state index contributed by atoms with van der Waals surface area (Å²) >= 11 is 5.79. The summed E-state index contributed by atoms with van der Waals surface area (Å²) in [5.74, 6) is -0.611. The first-order chi connectivity index (χ1) is 11.0. The van der Waals surface area contributed by atoms with E-state index in [1.807, 2.05) is 0 Å². The smallest absolute Gasteiger partial charge is 0.263 e. The fourth-order valence-corrected chi connectivity index (χ4v) is 3.46. The van der Waals surface area contributed by atoms with Crippen LogP contribution in [0, 0.1) is 5.82 Å². The molecule has 1 aromatic heterocycles. The number of hydrogen-bond donors (Lipinski definition) is 1. The molecule has 1 heterocycles. The van der Waals surface area contributed by atoms with Crippen molar-refractivity contribution in [3.63, 3.8) is 0 Å². The lowest BCUT2D eigenvalue weighted by molar-refractivity contribution is 0.600. The Labute approximate surface area is 135 Å². The molecule has 0 aliphatic heterocycles. The molecular weight excluding hydrogens is 345 g/mol. The molecular formula is C13H9ClFN5O2S. The second-order valence-corrected chi connectivity index (χ2v) is 6.54. The van der Waals surface area contributed by atoms with Crippen LogP contribution in [0.25, 0.3) is 5.69 Å². The SMILES string of the molecule is O=S(=O)(Nc1ccc(-n2cnnn2)cc1)c1ccc(F)cc1Cl. The van der Waals surface area contributed by atoms with Gasteiger partial charge < -0.3 is 0 Å². The lowest BCUT2D eigenvalue weighted by atomic mass is 10.3. The van der Waals surface area contributed by atoms with Gasteiger partial charge in [0.2, 0.25) is 0 Å². The van der Waals surface area contributed by atoms with Crippen molar-refractivity contribution in [3.05, 3.63) is 59.6 Å². The minimum atomic E-state index is -3.92. The van der Waals surface area contributed by atoms with Crippen LogP contribution in [0.15, 0.2) is 53.7 Å². The van der Waals surface area contributed by atoms with E-state index < -0.39 is 15.8 Å². The van der Waals surface area contributed by atoms with Gasteiger partial charge in [-0.05, 0) is 52.9 Å². The maximum atomic E-state index is 13.0. The van der Waals surface area contributed by atoms with Crippen molar-refractivity contribution in [2.45, 2.75) is 4.90 Å². The summed E-state index contributed by atoms with van der Waals surface area (Å²) in [6, 6.07) is 9.45. The number of halogens is 2. The molecule has 0 fully saturated rings. The Balaban J connectivity index is 1.86. The van der Waals surface area contributed by atoms with Crippen LogP contribution in [0.1, 0.15) is 0 Å². The van der Waals surface area contributed by atoms with Gasteiger partial charge in [0.25, 0.3) is 10.0 Å². The molecule has 7 nitrogen and oxygen atoms in total. The largest absolute Gasteiger partial charge is 0.280 e. The van der Waals surface area contributed by atoms with Gasteiger partial charge in [-0.1, -0.05) is 11.6 Å². The molecule has 10 heteroatoms. The topological polar surface area (TPSA) is 89.8 Å². The number of benzene rings is 2. The summed E-state index contributed by atoms with van der Waals surface area (Å²) in [6.45, 7) is 0. The average Bonchev–Trinajstić information content (AvgIpc) is 3.01. The Morgan fingerprint density at radius 2 is 1.87 bits per heavy atom. The standard InChI is InChI=1S/C13H9ClFN5O2S/c14-12-7-9(15)1-6-13(12)23(21,22)17-10-2-4-11(5-3-10)20-8-16-18-19-20/h1-8,17H. The normalized spacial score (nSPS) is 11.4. The number of tetrazole rings is 1. The first-order valence-corrected chi connectivity index (χ1v) is 8.13. The van der Waals surface area contributed by atoms with Crippen molar-refractivity contribution in [2.75, 3.05) is 4.72 Å². The molecule has 0 bridgehead atoms. The van der Waals surface area contributed by atoms with Gasteiger partial charge in [0.1, 0.15) is 17.0 Å². The molecule has 0 spiro atoms. The molecule has 0 aliphatic carbocycles. The van der Waals surface area contributed by atoms with Gasteiger partial charge in [-0.3, -0.25) is 4.72 Å². The number of rotatable bonds is 4. The lowest BCUT2D eigenvalue weighted by Gasteiger charge is -2.10. The predicted molar refractivity (Wildman–Crippen MR) is 81.4 cm³/mol. The molecule has 118 valence electrons.